The molecule has 1 aliphatic rings. The van der Waals surface area contributed by atoms with Gasteiger partial charge in [-0.25, -0.2) is 4.39 Å². The van der Waals surface area contributed by atoms with E-state index < -0.39 is 0 Å². The lowest BCUT2D eigenvalue weighted by Gasteiger charge is -2.23. The van der Waals surface area contributed by atoms with E-state index in [0.29, 0.717) is 24.0 Å². The van der Waals surface area contributed by atoms with Gasteiger partial charge in [-0.2, -0.15) is 0 Å². The molecule has 0 bridgehead atoms. The van der Waals surface area contributed by atoms with Gasteiger partial charge in [-0.15, -0.1) is 0 Å². The molecular weight excluding hydrogens is 233 g/mol. The van der Waals surface area contributed by atoms with Gasteiger partial charge in [0.25, 0.3) is 0 Å². The first-order valence-corrected chi connectivity index (χ1v) is 6.46. The summed E-state index contributed by atoms with van der Waals surface area (Å²) < 4.78 is 24.3. The second-order valence-electron chi connectivity index (χ2n) is 4.58. The standard InChI is InChI=1S/C14H20FNO2/c1-11-3-2-4-13(14(11)15)18-10-7-16-12-5-8-17-9-6-12/h2-4,12,16H,5-10H2,1H3. The first kappa shape index (κ1) is 13.3. The SMILES string of the molecule is Cc1cccc(OCCNC2CCOCC2)c1F. The zero-order valence-corrected chi connectivity index (χ0v) is 10.7. The third kappa shape index (κ3) is 3.68. The van der Waals surface area contributed by atoms with E-state index >= 15 is 0 Å². The van der Waals surface area contributed by atoms with E-state index in [9.17, 15) is 4.39 Å². The Hall–Kier alpha value is -1.13. The van der Waals surface area contributed by atoms with Crippen LogP contribution in [0, 0.1) is 12.7 Å². The molecule has 0 radical (unpaired) electrons. The Labute approximate surface area is 107 Å². The predicted octanol–water partition coefficient (Wildman–Crippen LogP) is 2.28. The van der Waals surface area contributed by atoms with Crippen molar-refractivity contribution in [2.75, 3.05) is 26.4 Å². The Bertz CT molecular complexity index is 378. The molecule has 1 fully saturated rings. The van der Waals surface area contributed by atoms with E-state index in [2.05, 4.69) is 5.32 Å². The molecule has 0 amide bonds. The Balaban J connectivity index is 1.70. The van der Waals surface area contributed by atoms with Crippen LogP contribution in [-0.4, -0.2) is 32.4 Å². The first-order valence-electron chi connectivity index (χ1n) is 6.46. The van der Waals surface area contributed by atoms with Crippen LogP contribution in [0.3, 0.4) is 0 Å². The maximum Gasteiger partial charge on any atom is 0.167 e. The monoisotopic (exact) mass is 253 g/mol. The minimum Gasteiger partial charge on any atom is -0.489 e. The fourth-order valence-corrected chi connectivity index (χ4v) is 2.06. The van der Waals surface area contributed by atoms with Crippen LogP contribution in [0.5, 0.6) is 5.75 Å². The third-order valence-electron chi connectivity index (χ3n) is 3.17. The quantitative estimate of drug-likeness (QED) is 0.817. The van der Waals surface area contributed by atoms with Crippen molar-refractivity contribution in [1.29, 1.82) is 0 Å². The van der Waals surface area contributed by atoms with Crippen LogP contribution in [0.15, 0.2) is 18.2 Å². The smallest absolute Gasteiger partial charge is 0.167 e. The summed E-state index contributed by atoms with van der Waals surface area (Å²) >= 11 is 0. The van der Waals surface area contributed by atoms with Gasteiger partial charge in [-0.1, -0.05) is 12.1 Å². The molecule has 1 aromatic rings. The van der Waals surface area contributed by atoms with Gasteiger partial charge in [0.15, 0.2) is 11.6 Å². The summed E-state index contributed by atoms with van der Waals surface area (Å²) in [6, 6.07) is 5.71. The van der Waals surface area contributed by atoms with E-state index in [1.807, 2.05) is 0 Å². The molecular formula is C14H20FNO2. The van der Waals surface area contributed by atoms with Crippen LogP contribution in [0.1, 0.15) is 18.4 Å². The average Bonchev–Trinajstić information content (AvgIpc) is 2.40. The highest BCUT2D eigenvalue weighted by atomic mass is 19.1. The summed E-state index contributed by atoms with van der Waals surface area (Å²) in [5, 5.41) is 3.40. The Morgan fingerprint density at radius 3 is 2.94 bits per heavy atom. The molecule has 0 saturated carbocycles. The first-order chi connectivity index (χ1) is 8.77. The van der Waals surface area contributed by atoms with Gasteiger partial charge in [0.1, 0.15) is 6.61 Å². The Morgan fingerprint density at radius 2 is 2.17 bits per heavy atom. The van der Waals surface area contributed by atoms with Crippen LogP contribution in [0.2, 0.25) is 0 Å². The summed E-state index contributed by atoms with van der Waals surface area (Å²) in [4.78, 5) is 0. The van der Waals surface area contributed by atoms with Gasteiger partial charge in [0.2, 0.25) is 0 Å². The maximum atomic E-state index is 13.6. The van der Waals surface area contributed by atoms with E-state index in [0.717, 1.165) is 32.6 Å². The van der Waals surface area contributed by atoms with Crippen molar-refractivity contribution in [3.05, 3.63) is 29.6 Å². The Kier molecular flexibility index (Phi) is 4.96. The number of nitrogens with one attached hydrogen (secondary N) is 1. The fourth-order valence-electron chi connectivity index (χ4n) is 2.06. The largest absolute Gasteiger partial charge is 0.489 e. The van der Waals surface area contributed by atoms with Gasteiger partial charge >= 0.3 is 0 Å². The van der Waals surface area contributed by atoms with Crippen LogP contribution in [0.25, 0.3) is 0 Å². The zero-order chi connectivity index (χ0) is 12.8. The zero-order valence-electron chi connectivity index (χ0n) is 10.7. The van der Waals surface area contributed by atoms with Crippen LogP contribution in [-0.2, 0) is 4.74 Å². The fraction of sp³-hybridized carbons (Fsp3) is 0.571. The van der Waals surface area contributed by atoms with Gasteiger partial charge in [0.05, 0.1) is 0 Å². The number of aryl methyl sites for hydroxylation is 1. The summed E-state index contributed by atoms with van der Waals surface area (Å²) in [7, 11) is 0. The summed E-state index contributed by atoms with van der Waals surface area (Å²) in [6.07, 6.45) is 2.08. The lowest BCUT2D eigenvalue weighted by atomic mass is 10.1. The number of halogens is 1. The number of hydrogen-bond acceptors (Lipinski definition) is 3. The predicted molar refractivity (Wildman–Crippen MR) is 68.5 cm³/mol. The molecule has 0 spiro atoms. The summed E-state index contributed by atoms with van der Waals surface area (Å²) in [5.74, 6) is 0.0762. The third-order valence-corrected chi connectivity index (χ3v) is 3.17. The highest BCUT2D eigenvalue weighted by Gasteiger charge is 2.12. The van der Waals surface area contributed by atoms with E-state index in [-0.39, 0.29) is 5.82 Å². The molecule has 1 aliphatic heterocycles. The molecule has 0 aliphatic carbocycles. The van der Waals surface area contributed by atoms with E-state index in [1.165, 1.54) is 0 Å². The van der Waals surface area contributed by atoms with E-state index in [4.69, 9.17) is 9.47 Å². The van der Waals surface area contributed by atoms with E-state index in [1.54, 1.807) is 25.1 Å². The highest BCUT2D eigenvalue weighted by Crippen LogP contribution is 2.19. The van der Waals surface area contributed by atoms with Crippen molar-refractivity contribution in [3.8, 4) is 5.75 Å². The average molecular weight is 253 g/mol. The van der Waals surface area contributed by atoms with Crippen molar-refractivity contribution in [3.63, 3.8) is 0 Å². The van der Waals surface area contributed by atoms with Crippen molar-refractivity contribution in [2.45, 2.75) is 25.8 Å². The van der Waals surface area contributed by atoms with Gasteiger partial charge in [0, 0.05) is 25.8 Å². The van der Waals surface area contributed by atoms with Crippen LogP contribution >= 0.6 is 0 Å². The number of benzene rings is 1. The van der Waals surface area contributed by atoms with Crippen LogP contribution < -0.4 is 10.1 Å². The molecule has 100 valence electrons. The molecule has 1 saturated heterocycles. The van der Waals surface area contributed by atoms with Crippen molar-refractivity contribution in [2.24, 2.45) is 0 Å². The Morgan fingerprint density at radius 1 is 1.39 bits per heavy atom. The molecule has 4 heteroatoms. The van der Waals surface area contributed by atoms with Crippen molar-refractivity contribution in [1.82, 2.24) is 5.32 Å². The minimum absolute atomic E-state index is 0.261. The topological polar surface area (TPSA) is 30.5 Å². The van der Waals surface area contributed by atoms with Gasteiger partial charge in [-0.3, -0.25) is 0 Å². The number of ether oxygens (including phenoxy) is 2. The molecule has 1 heterocycles. The maximum absolute atomic E-state index is 13.6. The summed E-state index contributed by atoms with van der Waals surface area (Å²) in [6.45, 7) is 4.61. The number of rotatable bonds is 5. The second kappa shape index (κ2) is 6.71. The molecule has 0 aromatic heterocycles. The lowest BCUT2D eigenvalue weighted by molar-refractivity contribution is 0.0770. The molecule has 0 atom stereocenters. The van der Waals surface area contributed by atoms with Crippen LogP contribution in [0.4, 0.5) is 4.39 Å². The molecule has 1 aromatic carbocycles. The second-order valence-corrected chi connectivity index (χ2v) is 4.58. The molecule has 18 heavy (non-hydrogen) atoms. The lowest BCUT2D eigenvalue weighted by Crippen LogP contribution is -2.37. The molecule has 1 N–H and O–H groups in total. The number of hydrogen-bond donors (Lipinski definition) is 1. The van der Waals surface area contributed by atoms with Gasteiger partial charge in [-0.05, 0) is 31.4 Å². The van der Waals surface area contributed by atoms with Crippen molar-refractivity contribution < 1.29 is 13.9 Å². The summed E-state index contributed by atoms with van der Waals surface area (Å²) in [5.41, 5.74) is 0.616. The molecule has 0 unspecified atom stereocenters. The molecule has 2 rings (SSSR count). The van der Waals surface area contributed by atoms with Crippen molar-refractivity contribution >= 4 is 0 Å². The van der Waals surface area contributed by atoms with Gasteiger partial charge < -0.3 is 14.8 Å². The molecule has 3 nitrogen and oxygen atoms in total. The normalized spacial score (nSPS) is 16.8. The highest BCUT2D eigenvalue weighted by molar-refractivity contribution is 5.29. The minimum atomic E-state index is -0.261.